The summed E-state index contributed by atoms with van der Waals surface area (Å²) in [4.78, 5) is 0. The van der Waals surface area contributed by atoms with E-state index in [9.17, 15) is 4.39 Å². The third-order valence-electron chi connectivity index (χ3n) is 3.17. The molecule has 0 saturated carbocycles. The molecular weight excluding hydrogens is 293 g/mol. The molecule has 0 aliphatic carbocycles. The van der Waals surface area contributed by atoms with Crippen LogP contribution in [0.5, 0.6) is 11.5 Å². The predicted molar refractivity (Wildman–Crippen MR) is 81.5 cm³/mol. The molecule has 0 unspecified atom stereocenters. The first-order valence-electron chi connectivity index (χ1n) is 6.50. The molecule has 0 bridgehead atoms. The monoisotopic (exact) mass is 309 g/mol. The Kier molecular flexibility index (Phi) is 5.42. The molecule has 2 rings (SSSR count). The van der Waals surface area contributed by atoms with Gasteiger partial charge in [-0.05, 0) is 18.2 Å². The maximum Gasteiger partial charge on any atom is 0.131 e. The van der Waals surface area contributed by atoms with Crippen molar-refractivity contribution in [3.05, 3.63) is 58.4 Å². The quantitative estimate of drug-likeness (QED) is 0.880. The van der Waals surface area contributed by atoms with Crippen molar-refractivity contribution in [2.45, 2.75) is 13.1 Å². The van der Waals surface area contributed by atoms with Crippen molar-refractivity contribution in [3.63, 3.8) is 0 Å². The minimum atomic E-state index is -0.298. The number of nitrogens with one attached hydrogen (secondary N) is 1. The number of hydrogen-bond donors (Lipinski definition) is 1. The smallest absolute Gasteiger partial charge is 0.131 e. The second-order valence-electron chi connectivity index (χ2n) is 4.48. The van der Waals surface area contributed by atoms with Crippen molar-refractivity contribution < 1.29 is 13.9 Å². The summed E-state index contributed by atoms with van der Waals surface area (Å²) in [6.07, 6.45) is 0. The number of methoxy groups -OCH3 is 2. The van der Waals surface area contributed by atoms with Gasteiger partial charge in [0.1, 0.15) is 17.3 Å². The van der Waals surface area contributed by atoms with Gasteiger partial charge in [0, 0.05) is 35.3 Å². The van der Waals surface area contributed by atoms with E-state index in [1.165, 1.54) is 13.2 Å². The van der Waals surface area contributed by atoms with Gasteiger partial charge < -0.3 is 14.8 Å². The molecule has 0 radical (unpaired) electrons. The molecule has 21 heavy (non-hydrogen) atoms. The molecule has 2 aromatic carbocycles. The van der Waals surface area contributed by atoms with Crippen LogP contribution in [0.2, 0.25) is 5.02 Å². The normalized spacial score (nSPS) is 10.5. The number of hydrogen-bond acceptors (Lipinski definition) is 3. The van der Waals surface area contributed by atoms with E-state index in [0.29, 0.717) is 35.2 Å². The number of ether oxygens (including phenoxy) is 2. The molecule has 0 atom stereocenters. The molecule has 0 aliphatic rings. The lowest BCUT2D eigenvalue weighted by atomic mass is 10.1. The average Bonchev–Trinajstić information content (AvgIpc) is 2.50. The average molecular weight is 310 g/mol. The molecule has 0 aliphatic heterocycles. The van der Waals surface area contributed by atoms with Gasteiger partial charge in [-0.2, -0.15) is 0 Å². The number of benzene rings is 2. The van der Waals surface area contributed by atoms with E-state index in [4.69, 9.17) is 21.1 Å². The topological polar surface area (TPSA) is 30.5 Å². The molecule has 0 spiro atoms. The van der Waals surface area contributed by atoms with Crippen LogP contribution in [0.1, 0.15) is 11.1 Å². The lowest BCUT2D eigenvalue weighted by molar-refractivity contribution is 0.407. The molecule has 0 aromatic heterocycles. The van der Waals surface area contributed by atoms with E-state index in [0.717, 1.165) is 5.56 Å². The first-order valence-corrected chi connectivity index (χ1v) is 6.88. The molecule has 0 fully saturated rings. The molecule has 112 valence electrons. The third kappa shape index (κ3) is 3.86. The van der Waals surface area contributed by atoms with Crippen molar-refractivity contribution in [1.82, 2.24) is 5.32 Å². The molecule has 2 aromatic rings. The van der Waals surface area contributed by atoms with E-state index in [1.807, 2.05) is 12.1 Å². The fraction of sp³-hybridized carbons (Fsp3) is 0.250. The summed E-state index contributed by atoms with van der Waals surface area (Å²) in [6.45, 7) is 0.887. The van der Waals surface area contributed by atoms with Gasteiger partial charge in [-0.15, -0.1) is 0 Å². The van der Waals surface area contributed by atoms with Crippen molar-refractivity contribution in [2.24, 2.45) is 0 Å². The highest BCUT2D eigenvalue weighted by atomic mass is 35.5. The van der Waals surface area contributed by atoms with Gasteiger partial charge >= 0.3 is 0 Å². The molecule has 0 amide bonds. The summed E-state index contributed by atoms with van der Waals surface area (Å²) < 4.78 is 24.1. The Bertz CT molecular complexity index is 619. The van der Waals surface area contributed by atoms with Crippen LogP contribution in [-0.4, -0.2) is 14.2 Å². The van der Waals surface area contributed by atoms with Crippen LogP contribution in [-0.2, 0) is 13.1 Å². The van der Waals surface area contributed by atoms with Crippen LogP contribution >= 0.6 is 11.6 Å². The number of rotatable bonds is 6. The number of halogens is 2. The van der Waals surface area contributed by atoms with Crippen molar-refractivity contribution >= 4 is 11.6 Å². The second-order valence-corrected chi connectivity index (χ2v) is 4.89. The van der Waals surface area contributed by atoms with Gasteiger partial charge in [-0.3, -0.25) is 0 Å². The SMILES string of the molecule is COc1ccc(CNCc2c(Cl)cccc2OC)c(F)c1. The summed E-state index contributed by atoms with van der Waals surface area (Å²) in [5.74, 6) is 0.919. The Hall–Kier alpha value is -1.78. The molecule has 0 saturated heterocycles. The van der Waals surface area contributed by atoms with Gasteiger partial charge in [0.05, 0.1) is 14.2 Å². The largest absolute Gasteiger partial charge is 0.497 e. The summed E-state index contributed by atoms with van der Waals surface area (Å²) in [5.41, 5.74) is 1.43. The summed E-state index contributed by atoms with van der Waals surface area (Å²) in [6, 6.07) is 10.3. The molecule has 5 heteroatoms. The Morgan fingerprint density at radius 1 is 1.10 bits per heavy atom. The highest BCUT2D eigenvalue weighted by Gasteiger charge is 2.08. The fourth-order valence-corrected chi connectivity index (χ4v) is 2.25. The lowest BCUT2D eigenvalue weighted by Crippen LogP contribution is -2.14. The van der Waals surface area contributed by atoms with Crippen LogP contribution < -0.4 is 14.8 Å². The second kappa shape index (κ2) is 7.29. The van der Waals surface area contributed by atoms with E-state index in [1.54, 1.807) is 25.3 Å². The molecule has 0 heterocycles. The Morgan fingerprint density at radius 2 is 1.90 bits per heavy atom. The minimum Gasteiger partial charge on any atom is -0.497 e. The van der Waals surface area contributed by atoms with Crippen LogP contribution in [0.4, 0.5) is 4.39 Å². The van der Waals surface area contributed by atoms with Crippen molar-refractivity contribution in [3.8, 4) is 11.5 Å². The van der Waals surface area contributed by atoms with Crippen molar-refractivity contribution in [1.29, 1.82) is 0 Å². The summed E-state index contributed by atoms with van der Waals surface area (Å²) in [5, 5.41) is 3.79. The van der Waals surface area contributed by atoms with Gasteiger partial charge in [-0.25, -0.2) is 4.39 Å². The highest BCUT2D eigenvalue weighted by molar-refractivity contribution is 6.31. The van der Waals surface area contributed by atoms with Crippen LogP contribution in [0.15, 0.2) is 36.4 Å². The van der Waals surface area contributed by atoms with E-state index in [-0.39, 0.29) is 5.82 Å². The van der Waals surface area contributed by atoms with Crippen LogP contribution in [0.3, 0.4) is 0 Å². The maximum atomic E-state index is 13.8. The van der Waals surface area contributed by atoms with Gasteiger partial charge in [0.25, 0.3) is 0 Å². The first-order chi connectivity index (χ1) is 10.2. The molecule has 1 N–H and O–H groups in total. The molecule has 3 nitrogen and oxygen atoms in total. The Morgan fingerprint density at radius 3 is 2.57 bits per heavy atom. The maximum absolute atomic E-state index is 13.8. The van der Waals surface area contributed by atoms with E-state index < -0.39 is 0 Å². The Labute approximate surface area is 128 Å². The first kappa shape index (κ1) is 15.6. The van der Waals surface area contributed by atoms with Crippen molar-refractivity contribution in [2.75, 3.05) is 14.2 Å². The van der Waals surface area contributed by atoms with Gasteiger partial charge in [-0.1, -0.05) is 23.7 Å². The van der Waals surface area contributed by atoms with Gasteiger partial charge in [0.15, 0.2) is 0 Å². The highest BCUT2D eigenvalue weighted by Crippen LogP contribution is 2.26. The zero-order valence-electron chi connectivity index (χ0n) is 12.0. The molecular formula is C16H17ClFNO2. The van der Waals surface area contributed by atoms with E-state index in [2.05, 4.69) is 5.32 Å². The zero-order valence-corrected chi connectivity index (χ0v) is 12.7. The zero-order chi connectivity index (χ0) is 15.2. The predicted octanol–water partition coefficient (Wildman–Crippen LogP) is 3.79. The third-order valence-corrected chi connectivity index (χ3v) is 3.53. The summed E-state index contributed by atoms with van der Waals surface area (Å²) >= 11 is 6.15. The minimum absolute atomic E-state index is 0.298. The fourth-order valence-electron chi connectivity index (χ4n) is 2.02. The van der Waals surface area contributed by atoms with E-state index >= 15 is 0 Å². The standard InChI is InChI=1S/C16H17ClFNO2/c1-20-12-7-6-11(15(18)8-12)9-19-10-13-14(17)4-3-5-16(13)21-2/h3-8,19H,9-10H2,1-2H3. The lowest BCUT2D eigenvalue weighted by Gasteiger charge is -2.12. The summed E-state index contributed by atoms with van der Waals surface area (Å²) in [7, 11) is 3.11. The van der Waals surface area contributed by atoms with Gasteiger partial charge in [0.2, 0.25) is 0 Å². The van der Waals surface area contributed by atoms with Crippen LogP contribution in [0, 0.1) is 5.82 Å². The Balaban J connectivity index is 2.02. The van der Waals surface area contributed by atoms with Crippen LogP contribution in [0.25, 0.3) is 0 Å².